The predicted molar refractivity (Wildman–Crippen MR) is 68.8 cm³/mol. The zero-order valence-corrected chi connectivity index (χ0v) is 10.6. The van der Waals surface area contributed by atoms with Crippen molar-refractivity contribution in [1.82, 2.24) is 9.97 Å². The highest BCUT2D eigenvalue weighted by atomic mass is 19.1. The maximum absolute atomic E-state index is 13.6. The number of nitrogens with zero attached hydrogens (tertiary/aromatic N) is 2. The van der Waals surface area contributed by atoms with Crippen LogP contribution in [0, 0.1) is 5.82 Å². The Labute approximate surface area is 113 Å². The van der Waals surface area contributed by atoms with Crippen molar-refractivity contribution in [3.8, 4) is 5.88 Å². The van der Waals surface area contributed by atoms with E-state index in [1.54, 1.807) is 18.2 Å². The molecule has 0 aliphatic rings. The summed E-state index contributed by atoms with van der Waals surface area (Å²) in [6, 6.07) is 7.66. The van der Waals surface area contributed by atoms with Crippen molar-refractivity contribution in [2.75, 3.05) is 7.11 Å². The molecule has 0 aliphatic heterocycles. The van der Waals surface area contributed by atoms with Crippen molar-refractivity contribution in [3.63, 3.8) is 0 Å². The summed E-state index contributed by atoms with van der Waals surface area (Å²) in [5.74, 6) is 0.0726. The van der Waals surface area contributed by atoms with Crippen LogP contribution in [0.2, 0.25) is 0 Å². The Balaban J connectivity index is 2.03. The average Bonchev–Trinajstić information content (AvgIpc) is 2.92. The van der Waals surface area contributed by atoms with Gasteiger partial charge in [-0.3, -0.25) is 0 Å². The number of halogens is 1. The molecule has 0 bridgehead atoms. The van der Waals surface area contributed by atoms with E-state index in [0.717, 1.165) is 0 Å². The van der Waals surface area contributed by atoms with Crippen molar-refractivity contribution >= 4 is 11.0 Å². The lowest BCUT2D eigenvalue weighted by Crippen LogP contribution is -2.02. The lowest BCUT2D eigenvalue weighted by atomic mass is 10.2. The van der Waals surface area contributed by atoms with E-state index in [4.69, 9.17) is 9.15 Å². The minimum atomic E-state index is -1.11. The molecule has 5 nitrogen and oxygen atoms in total. The van der Waals surface area contributed by atoms with Crippen LogP contribution in [0.4, 0.5) is 4.39 Å². The van der Waals surface area contributed by atoms with Crippen LogP contribution in [0.3, 0.4) is 0 Å². The van der Waals surface area contributed by atoms with Gasteiger partial charge in [-0.25, -0.2) is 14.4 Å². The molecule has 1 unspecified atom stereocenters. The van der Waals surface area contributed by atoms with Gasteiger partial charge in [-0.05, 0) is 12.1 Å². The standard InChI is InChI=1S/C14H11FN2O3/c1-19-12-6-10(16-7-17-12)13(18)11-5-8-3-2-4-9(15)14(8)20-11/h2-7,13,18H,1H3. The molecule has 3 rings (SSSR count). The molecule has 6 heteroatoms. The minimum Gasteiger partial charge on any atom is -0.481 e. The highest BCUT2D eigenvalue weighted by molar-refractivity contribution is 5.78. The van der Waals surface area contributed by atoms with E-state index in [0.29, 0.717) is 17.0 Å². The number of fused-ring (bicyclic) bond motifs is 1. The van der Waals surface area contributed by atoms with E-state index in [2.05, 4.69) is 9.97 Å². The van der Waals surface area contributed by atoms with Crippen molar-refractivity contribution < 1.29 is 18.7 Å². The molecule has 0 aliphatic carbocycles. The largest absolute Gasteiger partial charge is 0.481 e. The van der Waals surface area contributed by atoms with E-state index in [9.17, 15) is 9.50 Å². The normalized spacial score (nSPS) is 12.6. The third-order valence-corrected chi connectivity index (χ3v) is 2.94. The number of aliphatic hydroxyl groups excluding tert-OH is 1. The number of aromatic nitrogens is 2. The number of ether oxygens (including phenoxy) is 1. The van der Waals surface area contributed by atoms with Gasteiger partial charge in [0.05, 0.1) is 12.8 Å². The highest BCUT2D eigenvalue weighted by Gasteiger charge is 2.19. The predicted octanol–water partition coefficient (Wildman–Crippen LogP) is 2.45. The zero-order valence-electron chi connectivity index (χ0n) is 10.6. The number of benzene rings is 1. The third kappa shape index (κ3) is 2.10. The van der Waals surface area contributed by atoms with Gasteiger partial charge in [0.1, 0.15) is 12.1 Å². The third-order valence-electron chi connectivity index (χ3n) is 2.94. The van der Waals surface area contributed by atoms with Crippen LogP contribution in [0.5, 0.6) is 5.88 Å². The molecule has 1 N–H and O–H groups in total. The fourth-order valence-electron chi connectivity index (χ4n) is 1.94. The number of methoxy groups -OCH3 is 1. The smallest absolute Gasteiger partial charge is 0.216 e. The first-order chi connectivity index (χ1) is 9.69. The first-order valence-electron chi connectivity index (χ1n) is 5.91. The Bertz CT molecular complexity index is 757. The molecule has 0 fully saturated rings. The highest BCUT2D eigenvalue weighted by Crippen LogP contribution is 2.29. The second-order valence-electron chi connectivity index (χ2n) is 4.19. The van der Waals surface area contributed by atoms with E-state index in [-0.39, 0.29) is 11.3 Å². The van der Waals surface area contributed by atoms with Crippen LogP contribution in [0.15, 0.2) is 41.1 Å². The molecular weight excluding hydrogens is 263 g/mol. The Kier molecular flexibility index (Phi) is 3.08. The van der Waals surface area contributed by atoms with Gasteiger partial charge in [0.2, 0.25) is 5.88 Å². The number of hydrogen-bond donors (Lipinski definition) is 1. The molecule has 2 heterocycles. The lowest BCUT2D eigenvalue weighted by molar-refractivity contribution is 0.186. The molecule has 0 saturated carbocycles. The average molecular weight is 274 g/mol. The first-order valence-corrected chi connectivity index (χ1v) is 5.91. The van der Waals surface area contributed by atoms with Crippen LogP contribution >= 0.6 is 0 Å². The summed E-state index contributed by atoms with van der Waals surface area (Å²) >= 11 is 0. The summed E-state index contributed by atoms with van der Waals surface area (Å²) in [6.45, 7) is 0. The van der Waals surface area contributed by atoms with Gasteiger partial charge in [0, 0.05) is 11.5 Å². The summed E-state index contributed by atoms with van der Waals surface area (Å²) in [7, 11) is 1.47. The van der Waals surface area contributed by atoms with Crippen molar-refractivity contribution in [1.29, 1.82) is 0 Å². The second-order valence-corrected chi connectivity index (χ2v) is 4.19. The monoisotopic (exact) mass is 274 g/mol. The van der Waals surface area contributed by atoms with E-state index in [1.165, 1.54) is 25.6 Å². The van der Waals surface area contributed by atoms with Gasteiger partial charge in [0.25, 0.3) is 0 Å². The molecule has 102 valence electrons. The zero-order chi connectivity index (χ0) is 14.1. The van der Waals surface area contributed by atoms with Gasteiger partial charge in [-0.2, -0.15) is 0 Å². The maximum atomic E-state index is 13.6. The Morgan fingerprint density at radius 3 is 2.90 bits per heavy atom. The second kappa shape index (κ2) is 4.90. The van der Waals surface area contributed by atoms with Crippen LogP contribution in [-0.2, 0) is 0 Å². The Morgan fingerprint density at radius 2 is 2.15 bits per heavy atom. The number of para-hydroxylation sites is 1. The van der Waals surface area contributed by atoms with Crippen molar-refractivity contribution in [2.45, 2.75) is 6.10 Å². The molecule has 1 aromatic carbocycles. The van der Waals surface area contributed by atoms with Gasteiger partial charge in [-0.15, -0.1) is 0 Å². The molecule has 1 atom stereocenters. The quantitative estimate of drug-likeness (QED) is 0.794. The fourth-order valence-corrected chi connectivity index (χ4v) is 1.94. The van der Waals surface area contributed by atoms with Crippen LogP contribution in [0.25, 0.3) is 11.0 Å². The molecular formula is C14H11FN2O3. The van der Waals surface area contributed by atoms with E-state index < -0.39 is 11.9 Å². The number of furan rings is 1. The fraction of sp³-hybridized carbons (Fsp3) is 0.143. The maximum Gasteiger partial charge on any atom is 0.216 e. The number of aliphatic hydroxyl groups is 1. The Morgan fingerprint density at radius 1 is 1.30 bits per heavy atom. The first kappa shape index (κ1) is 12.6. The molecule has 3 aromatic rings. The van der Waals surface area contributed by atoms with Crippen LogP contribution in [-0.4, -0.2) is 22.2 Å². The summed E-state index contributed by atoms with van der Waals surface area (Å²) in [4.78, 5) is 7.82. The SMILES string of the molecule is COc1cc(C(O)c2cc3cccc(F)c3o2)ncn1. The lowest BCUT2D eigenvalue weighted by Gasteiger charge is -2.07. The molecule has 0 spiro atoms. The number of rotatable bonds is 3. The van der Waals surface area contributed by atoms with Crippen molar-refractivity contribution in [3.05, 3.63) is 53.9 Å². The molecule has 0 saturated heterocycles. The molecule has 20 heavy (non-hydrogen) atoms. The summed E-state index contributed by atoms with van der Waals surface area (Å²) in [5, 5.41) is 10.8. The summed E-state index contributed by atoms with van der Waals surface area (Å²) in [5.41, 5.74) is 0.430. The molecule has 0 radical (unpaired) electrons. The molecule has 2 aromatic heterocycles. The van der Waals surface area contributed by atoms with Crippen LogP contribution in [0.1, 0.15) is 17.6 Å². The summed E-state index contributed by atoms with van der Waals surface area (Å²) < 4.78 is 23.9. The molecule has 0 amide bonds. The summed E-state index contributed by atoms with van der Waals surface area (Å²) in [6.07, 6.45) is 0.166. The number of hydrogen-bond acceptors (Lipinski definition) is 5. The van der Waals surface area contributed by atoms with E-state index >= 15 is 0 Å². The van der Waals surface area contributed by atoms with Crippen molar-refractivity contribution in [2.24, 2.45) is 0 Å². The Hall–Kier alpha value is -2.47. The van der Waals surface area contributed by atoms with Gasteiger partial charge >= 0.3 is 0 Å². The van der Waals surface area contributed by atoms with Crippen LogP contribution < -0.4 is 4.74 Å². The van der Waals surface area contributed by atoms with Gasteiger partial charge in [-0.1, -0.05) is 12.1 Å². The topological polar surface area (TPSA) is 68.4 Å². The van der Waals surface area contributed by atoms with E-state index in [1.807, 2.05) is 0 Å². The minimum absolute atomic E-state index is 0.113. The van der Waals surface area contributed by atoms with Gasteiger partial charge < -0.3 is 14.3 Å². The van der Waals surface area contributed by atoms with Gasteiger partial charge in [0.15, 0.2) is 17.5 Å².